The van der Waals surface area contributed by atoms with Gasteiger partial charge in [-0.1, -0.05) is 95.6 Å². The molecule has 170 valence electrons. The van der Waals surface area contributed by atoms with E-state index in [2.05, 4.69) is 19.2 Å². The number of carboxylic acids is 1. The second kappa shape index (κ2) is 16.2. The molecular formula is C25H40ClNO3. The van der Waals surface area contributed by atoms with E-state index in [0.29, 0.717) is 11.1 Å². The first-order valence-electron chi connectivity index (χ1n) is 11.7. The van der Waals surface area contributed by atoms with Gasteiger partial charge in [0.2, 0.25) is 0 Å². The monoisotopic (exact) mass is 437 g/mol. The smallest absolute Gasteiger partial charge is 0.311 e. The fourth-order valence-corrected chi connectivity index (χ4v) is 4.00. The summed E-state index contributed by atoms with van der Waals surface area (Å²) < 4.78 is 0. The molecule has 30 heavy (non-hydrogen) atoms. The van der Waals surface area contributed by atoms with Gasteiger partial charge in [-0.2, -0.15) is 0 Å². The predicted octanol–water partition coefficient (Wildman–Crippen LogP) is 7.89. The van der Waals surface area contributed by atoms with Gasteiger partial charge in [-0.3, -0.25) is 9.59 Å². The Labute approximate surface area is 187 Å². The third-order valence-corrected chi connectivity index (χ3v) is 5.80. The number of anilines is 1. The fourth-order valence-electron chi connectivity index (χ4n) is 3.71. The van der Waals surface area contributed by atoms with Crippen molar-refractivity contribution in [2.45, 2.75) is 110 Å². The first-order valence-corrected chi connectivity index (χ1v) is 12.1. The number of carbonyl (C=O) groups excluding carboxylic acids is 1. The summed E-state index contributed by atoms with van der Waals surface area (Å²) in [7, 11) is 0. The van der Waals surface area contributed by atoms with Crippen molar-refractivity contribution in [1.29, 1.82) is 0 Å². The lowest BCUT2D eigenvalue weighted by atomic mass is 10.0. The number of rotatable bonds is 18. The summed E-state index contributed by atoms with van der Waals surface area (Å²) in [6, 6.07) is 5.42. The van der Waals surface area contributed by atoms with Gasteiger partial charge >= 0.3 is 5.97 Å². The Morgan fingerprint density at radius 2 is 1.47 bits per heavy atom. The number of carboxylic acid groups (broad SMARTS) is 1. The molecule has 0 aromatic heterocycles. The molecule has 0 bridgehead atoms. The molecule has 1 aromatic carbocycles. The lowest BCUT2D eigenvalue weighted by Crippen LogP contribution is -2.15. The van der Waals surface area contributed by atoms with Crippen LogP contribution in [0, 0.1) is 0 Å². The van der Waals surface area contributed by atoms with Gasteiger partial charge in [0.1, 0.15) is 6.42 Å². The van der Waals surface area contributed by atoms with E-state index < -0.39 is 18.2 Å². The SMILES string of the molecule is CCCCCCCCCCCCCCC(C)Nc1ccc(C(=O)CC(=O)O)c(Cl)c1. The van der Waals surface area contributed by atoms with Crippen molar-refractivity contribution in [3.8, 4) is 0 Å². The highest BCUT2D eigenvalue weighted by molar-refractivity contribution is 6.34. The maximum atomic E-state index is 11.9. The molecule has 1 atom stereocenters. The van der Waals surface area contributed by atoms with Gasteiger partial charge in [0, 0.05) is 17.3 Å². The number of Topliss-reactive ketones (excluding diaryl/α,β-unsaturated/α-hetero) is 1. The van der Waals surface area contributed by atoms with Gasteiger partial charge in [0.25, 0.3) is 0 Å². The second-order valence-corrected chi connectivity index (χ2v) is 8.82. The Kier molecular flexibility index (Phi) is 14.3. The highest BCUT2D eigenvalue weighted by atomic mass is 35.5. The number of hydrogen-bond acceptors (Lipinski definition) is 3. The molecule has 0 spiro atoms. The van der Waals surface area contributed by atoms with E-state index in [9.17, 15) is 9.59 Å². The Morgan fingerprint density at radius 3 is 1.97 bits per heavy atom. The van der Waals surface area contributed by atoms with Gasteiger partial charge < -0.3 is 10.4 Å². The standard InChI is InChI=1S/C25H40ClNO3/c1-3-4-5-6-7-8-9-10-11-12-13-14-15-20(2)27-21-16-17-22(23(26)18-21)24(28)19-25(29)30/h16-18,20,27H,3-15,19H2,1-2H3,(H,29,30). The molecular weight excluding hydrogens is 398 g/mol. The summed E-state index contributed by atoms with van der Waals surface area (Å²) in [6.07, 6.45) is 16.8. The van der Waals surface area contributed by atoms with Crippen LogP contribution in [0.5, 0.6) is 0 Å². The number of carbonyl (C=O) groups is 2. The van der Waals surface area contributed by atoms with Gasteiger partial charge in [0.15, 0.2) is 5.78 Å². The Bertz CT molecular complexity index is 633. The number of nitrogens with one attached hydrogen (secondary N) is 1. The summed E-state index contributed by atoms with van der Waals surface area (Å²) in [4.78, 5) is 22.6. The first-order chi connectivity index (χ1) is 14.4. The van der Waals surface area contributed by atoms with E-state index >= 15 is 0 Å². The van der Waals surface area contributed by atoms with Gasteiger partial charge in [-0.05, 0) is 31.5 Å². The maximum Gasteiger partial charge on any atom is 0.311 e. The number of ketones is 1. The van der Waals surface area contributed by atoms with Crippen molar-refractivity contribution in [3.05, 3.63) is 28.8 Å². The molecule has 0 heterocycles. The molecule has 0 aliphatic carbocycles. The molecule has 0 saturated heterocycles. The summed E-state index contributed by atoms with van der Waals surface area (Å²) in [5.74, 6) is -1.61. The average molecular weight is 438 g/mol. The molecule has 4 nitrogen and oxygen atoms in total. The summed E-state index contributed by atoms with van der Waals surface area (Å²) >= 11 is 6.17. The number of halogens is 1. The first kappa shape index (κ1) is 26.5. The van der Waals surface area contributed by atoms with Crippen LogP contribution >= 0.6 is 11.6 Å². The van der Waals surface area contributed by atoms with Crippen LogP contribution < -0.4 is 5.32 Å². The largest absolute Gasteiger partial charge is 0.481 e. The molecule has 0 aliphatic heterocycles. The van der Waals surface area contributed by atoms with Gasteiger partial charge in [-0.25, -0.2) is 0 Å². The molecule has 2 N–H and O–H groups in total. The van der Waals surface area contributed by atoms with Crippen molar-refractivity contribution in [2.24, 2.45) is 0 Å². The zero-order chi connectivity index (χ0) is 22.2. The van der Waals surface area contributed by atoms with E-state index in [0.717, 1.165) is 12.1 Å². The summed E-state index contributed by atoms with van der Waals surface area (Å²) in [5, 5.41) is 12.5. The molecule has 1 rings (SSSR count). The minimum Gasteiger partial charge on any atom is -0.481 e. The van der Waals surface area contributed by atoms with Crippen molar-refractivity contribution in [3.63, 3.8) is 0 Å². The molecule has 1 aromatic rings. The van der Waals surface area contributed by atoms with Crippen molar-refractivity contribution in [2.75, 3.05) is 5.32 Å². The Morgan fingerprint density at radius 1 is 0.933 bits per heavy atom. The molecule has 5 heteroatoms. The number of aliphatic carboxylic acids is 1. The van der Waals surface area contributed by atoms with E-state index in [-0.39, 0.29) is 5.56 Å². The lowest BCUT2D eigenvalue weighted by molar-refractivity contribution is -0.135. The van der Waals surface area contributed by atoms with Crippen LogP contribution in [0.2, 0.25) is 5.02 Å². The van der Waals surface area contributed by atoms with Gasteiger partial charge in [0.05, 0.1) is 5.02 Å². The number of benzene rings is 1. The minimum absolute atomic E-state index is 0.262. The Hall–Kier alpha value is -1.55. The molecule has 0 amide bonds. The molecule has 0 saturated carbocycles. The highest BCUT2D eigenvalue weighted by Gasteiger charge is 2.14. The topological polar surface area (TPSA) is 66.4 Å². The summed E-state index contributed by atoms with van der Waals surface area (Å²) in [5.41, 5.74) is 1.12. The molecule has 1 unspecified atom stereocenters. The maximum absolute atomic E-state index is 11.9. The third-order valence-electron chi connectivity index (χ3n) is 5.49. The van der Waals surface area contributed by atoms with E-state index in [1.165, 1.54) is 77.0 Å². The van der Waals surface area contributed by atoms with Crippen LogP contribution in [0.1, 0.15) is 114 Å². The van der Waals surface area contributed by atoms with Crippen molar-refractivity contribution in [1.82, 2.24) is 0 Å². The molecule has 0 aliphatic rings. The zero-order valence-electron chi connectivity index (χ0n) is 18.9. The number of unbranched alkanes of at least 4 members (excludes halogenated alkanes) is 11. The highest BCUT2D eigenvalue weighted by Crippen LogP contribution is 2.23. The van der Waals surface area contributed by atoms with Crippen LogP contribution in [0.4, 0.5) is 5.69 Å². The van der Waals surface area contributed by atoms with E-state index in [1.54, 1.807) is 18.2 Å². The van der Waals surface area contributed by atoms with Crippen LogP contribution in [0.25, 0.3) is 0 Å². The second-order valence-electron chi connectivity index (χ2n) is 8.41. The lowest BCUT2D eigenvalue weighted by Gasteiger charge is -2.16. The van der Waals surface area contributed by atoms with Crippen molar-refractivity contribution >= 4 is 29.0 Å². The van der Waals surface area contributed by atoms with Crippen LogP contribution in [-0.4, -0.2) is 22.9 Å². The molecule has 0 radical (unpaired) electrons. The van der Waals surface area contributed by atoms with Crippen LogP contribution in [-0.2, 0) is 4.79 Å². The average Bonchev–Trinajstić information content (AvgIpc) is 2.68. The number of hydrogen-bond donors (Lipinski definition) is 2. The fraction of sp³-hybridized carbons (Fsp3) is 0.680. The van der Waals surface area contributed by atoms with E-state index in [4.69, 9.17) is 16.7 Å². The predicted molar refractivity (Wildman–Crippen MR) is 127 cm³/mol. The van der Waals surface area contributed by atoms with E-state index in [1.807, 2.05) is 0 Å². The normalized spacial score (nSPS) is 12.0. The quantitative estimate of drug-likeness (QED) is 0.139. The Balaban J connectivity index is 2.13. The molecule has 0 fully saturated rings. The van der Waals surface area contributed by atoms with Gasteiger partial charge in [-0.15, -0.1) is 0 Å². The summed E-state index contributed by atoms with van der Waals surface area (Å²) in [6.45, 7) is 4.41. The van der Waals surface area contributed by atoms with Crippen LogP contribution in [0.3, 0.4) is 0 Å². The zero-order valence-corrected chi connectivity index (χ0v) is 19.6. The van der Waals surface area contributed by atoms with Crippen LogP contribution in [0.15, 0.2) is 18.2 Å². The minimum atomic E-state index is -1.14. The third kappa shape index (κ3) is 12.2. The van der Waals surface area contributed by atoms with Crippen molar-refractivity contribution < 1.29 is 14.7 Å².